The van der Waals surface area contributed by atoms with E-state index in [2.05, 4.69) is 5.32 Å². The molecule has 1 unspecified atom stereocenters. The monoisotopic (exact) mass is 183 g/mol. The van der Waals surface area contributed by atoms with Gasteiger partial charge in [-0.25, -0.2) is 0 Å². The molecule has 3 heteroatoms. The lowest BCUT2D eigenvalue weighted by Crippen LogP contribution is -1.96. The van der Waals surface area contributed by atoms with E-state index < -0.39 is 10.8 Å². The summed E-state index contributed by atoms with van der Waals surface area (Å²) in [6.07, 6.45) is 1.68. The Morgan fingerprint density at radius 1 is 1.33 bits per heavy atom. The molecule has 12 heavy (non-hydrogen) atoms. The number of hydrogen-bond donors (Lipinski definition) is 1. The molecule has 0 aliphatic rings. The van der Waals surface area contributed by atoms with E-state index in [9.17, 15) is 4.21 Å². The molecule has 0 bridgehead atoms. The smallest absolute Gasteiger partial charge is 0.0498 e. The Labute approximate surface area is 75.5 Å². The molecule has 0 amide bonds. The molecule has 0 aliphatic heterocycles. The van der Waals surface area contributed by atoms with Crippen molar-refractivity contribution in [3.05, 3.63) is 24.3 Å². The minimum atomic E-state index is -0.869. The third-order valence-corrected chi connectivity index (χ3v) is 2.50. The van der Waals surface area contributed by atoms with Gasteiger partial charge < -0.3 is 5.32 Å². The summed E-state index contributed by atoms with van der Waals surface area (Å²) in [5.41, 5.74) is 1.08. The fourth-order valence-corrected chi connectivity index (χ4v) is 1.49. The van der Waals surface area contributed by atoms with Crippen molar-refractivity contribution >= 4 is 16.5 Å². The fourth-order valence-electron chi connectivity index (χ4n) is 0.969. The van der Waals surface area contributed by atoms with Crippen molar-refractivity contribution in [1.29, 1.82) is 0 Å². The Kier molecular flexibility index (Phi) is 3.29. The van der Waals surface area contributed by atoms with Crippen LogP contribution < -0.4 is 5.32 Å². The maximum Gasteiger partial charge on any atom is 0.0498 e. The van der Waals surface area contributed by atoms with Crippen LogP contribution in [0.3, 0.4) is 0 Å². The number of anilines is 1. The standard InChI is InChI=1S/C9H13NOS/c1-3-10-8-4-6-9(7-5-8)12(2)11/h4-7,10H,3H2,1-2H3. The van der Waals surface area contributed by atoms with Crippen LogP contribution in [0, 0.1) is 0 Å². The van der Waals surface area contributed by atoms with Gasteiger partial charge in [0.2, 0.25) is 0 Å². The number of hydrogen-bond acceptors (Lipinski definition) is 2. The van der Waals surface area contributed by atoms with Gasteiger partial charge in [-0.1, -0.05) is 0 Å². The quantitative estimate of drug-likeness (QED) is 0.775. The maximum atomic E-state index is 11.0. The first-order chi connectivity index (χ1) is 5.74. The molecule has 0 saturated heterocycles. The summed E-state index contributed by atoms with van der Waals surface area (Å²) in [4.78, 5) is 0.872. The van der Waals surface area contributed by atoms with Crippen molar-refractivity contribution in [3.8, 4) is 0 Å². The van der Waals surface area contributed by atoms with E-state index in [1.54, 1.807) is 6.26 Å². The molecule has 0 heterocycles. The summed E-state index contributed by atoms with van der Waals surface area (Å²) in [6, 6.07) is 7.66. The summed E-state index contributed by atoms with van der Waals surface area (Å²) in [6.45, 7) is 2.96. The molecule has 1 N–H and O–H groups in total. The average molecular weight is 183 g/mol. The van der Waals surface area contributed by atoms with E-state index >= 15 is 0 Å². The van der Waals surface area contributed by atoms with E-state index in [1.165, 1.54) is 0 Å². The molecule has 0 fully saturated rings. The largest absolute Gasteiger partial charge is 0.385 e. The van der Waals surface area contributed by atoms with Crippen molar-refractivity contribution in [1.82, 2.24) is 0 Å². The van der Waals surface area contributed by atoms with Crippen LogP contribution in [-0.4, -0.2) is 17.0 Å². The van der Waals surface area contributed by atoms with Crippen molar-refractivity contribution < 1.29 is 4.21 Å². The fraction of sp³-hybridized carbons (Fsp3) is 0.333. The zero-order valence-electron chi connectivity index (χ0n) is 7.33. The molecule has 1 aromatic rings. The highest BCUT2D eigenvalue weighted by Gasteiger charge is 1.95. The molecule has 0 aromatic heterocycles. The zero-order chi connectivity index (χ0) is 8.97. The summed E-state index contributed by atoms with van der Waals surface area (Å²) in [5.74, 6) is 0. The third-order valence-electron chi connectivity index (χ3n) is 1.57. The number of nitrogens with one attached hydrogen (secondary N) is 1. The summed E-state index contributed by atoms with van der Waals surface area (Å²) >= 11 is 0. The highest BCUT2D eigenvalue weighted by atomic mass is 32.2. The predicted molar refractivity (Wildman–Crippen MR) is 52.9 cm³/mol. The average Bonchev–Trinajstić information content (AvgIpc) is 2.06. The zero-order valence-corrected chi connectivity index (χ0v) is 8.15. The summed E-state index contributed by atoms with van der Waals surface area (Å²) in [5, 5.41) is 3.17. The maximum absolute atomic E-state index is 11.0. The number of benzene rings is 1. The van der Waals surface area contributed by atoms with Crippen molar-refractivity contribution in [2.75, 3.05) is 18.1 Å². The van der Waals surface area contributed by atoms with E-state index in [1.807, 2.05) is 31.2 Å². The second-order valence-corrected chi connectivity index (χ2v) is 3.89. The predicted octanol–water partition coefficient (Wildman–Crippen LogP) is 1.86. The Morgan fingerprint density at radius 2 is 1.92 bits per heavy atom. The van der Waals surface area contributed by atoms with Crippen LogP contribution in [0.2, 0.25) is 0 Å². The van der Waals surface area contributed by atoms with Gasteiger partial charge in [-0.2, -0.15) is 0 Å². The van der Waals surface area contributed by atoms with Crippen LogP contribution >= 0.6 is 0 Å². The first kappa shape index (κ1) is 9.26. The van der Waals surface area contributed by atoms with Crippen LogP contribution in [0.1, 0.15) is 6.92 Å². The van der Waals surface area contributed by atoms with E-state index in [0.29, 0.717) is 0 Å². The van der Waals surface area contributed by atoms with Crippen LogP contribution in [0.15, 0.2) is 29.2 Å². The lowest BCUT2D eigenvalue weighted by Gasteiger charge is -2.02. The van der Waals surface area contributed by atoms with Gasteiger partial charge in [-0.05, 0) is 31.2 Å². The van der Waals surface area contributed by atoms with Crippen LogP contribution in [0.25, 0.3) is 0 Å². The molecular formula is C9H13NOS. The van der Waals surface area contributed by atoms with E-state index in [4.69, 9.17) is 0 Å². The third kappa shape index (κ3) is 2.34. The topological polar surface area (TPSA) is 29.1 Å². The molecule has 0 spiro atoms. The Hall–Kier alpha value is -0.830. The lowest BCUT2D eigenvalue weighted by molar-refractivity contribution is 0.687. The molecule has 1 rings (SSSR count). The van der Waals surface area contributed by atoms with Crippen LogP contribution in [0.4, 0.5) is 5.69 Å². The molecule has 0 saturated carbocycles. The minimum absolute atomic E-state index is 0.869. The Bertz CT molecular complexity index is 268. The molecule has 2 nitrogen and oxygen atoms in total. The highest BCUT2D eigenvalue weighted by Crippen LogP contribution is 2.11. The van der Waals surface area contributed by atoms with Gasteiger partial charge in [0.1, 0.15) is 0 Å². The molecular weight excluding hydrogens is 170 g/mol. The van der Waals surface area contributed by atoms with Gasteiger partial charge in [0, 0.05) is 34.2 Å². The first-order valence-electron chi connectivity index (χ1n) is 3.91. The van der Waals surface area contributed by atoms with Gasteiger partial charge in [0.15, 0.2) is 0 Å². The molecule has 0 radical (unpaired) electrons. The van der Waals surface area contributed by atoms with Crippen molar-refractivity contribution in [3.63, 3.8) is 0 Å². The first-order valence-corrected chi connectivity index (χ1v) is 5.47. The van der Waals surface area contributed by atoms with Gasteiger partial charge in [-0.3, -0.25) is 4.21 Å². The number of rotatable bonds is 3. The van der Waals surface area contributed by atoms with Gasteiger partial charge in [0.05, 0.1) is 0 Å². The Morgan fingerprint density at radius 3 is 2.33 bits per heavy atom. The molecule has 66 valence electrons. The molecule has 1 aromatic carbocycles. The normalized spacial score (nSPS) is 12.5. The van der Waals surface area contributed by atoms with Gasteiger partial charge >= 0.3 is 0 Å². The van der Waals surface area contributed by atoms with Gasteiger partial charge in [-0.15, -0.1) is 0 Å². The van der Waals surface area contributed by atoms with Crippen molar-refractivity contribution in [2.45, 2.75) is 11.8 Å². The minimum Gasteiger partial charge on any atom is -0.385 e. The summed E-state index contributed by atoms with van der Waals surface area (Å²) < 4.78 is 11.0. The SMILES string of the molecule is CCNc1ccc(S(C)=O)cc1. The van der Waals surface area contributed by atoms with E-state index in [-0.39, 0.29) is 0 Å². The second-order valence-electron chi connectivity index (χ2n) is 2.51. The molecule has 0 aliphatic carbocycles. The molecule has 1 atom stereocenters. The highest BCUT2D eigenvalue weighted by molar-refractivity contribution is 7.84. The van der Waals surface area contributed by atoms with Crippen LogP contribution in [-0.2, 0) is 10.8 Å². The second kappa shape index (κ2) is 4.26. The lowest BCUT2D eigenvalue weighted by atomic mass is 10.3. The summed E-state index contributed by atoms with van der Waals surface area (Å²) in [7, 11) is -0.869. The van der Waals surface area contributed by atoms with Crippen LogP contribution in [0.5, 0.6) is 0 Å². The van der Waals surface area contributed by atoms with E-state index in [0.717, 1.165) is 17.1 Å². The van der Waals surface area contributed by atoms with Gasteiger partial charge in [0.25, 0.3) is 0 Å². The van der Waals surface area contributed by atoms with Crippen molar-refractivity contribution in [2.24, 2.45) is 0 Å². The Balaban J connectivity index is 2.78.